The van der Waals surface area contributed by atoms with Crippen molar-refractivity contribution in [2.75, 3.05) is 58.9 Å². The molecule has 2 unspecified atom stereocenters. The first kappa shape index (κ1) is 19.1. The van der Waals surface area contributed by atoms with Crippen LogP contribution in [0, 0.1) is 11.8 Å². The first-order valence-corrected chi connectivity index (χ1v) is 11.0. The molecule has 2 atom stereocenters. The summed E-state index contributed by atoms with van der Waals surface area (Å²) in [6.45, 7) is 10.1. The van der Waals surface area contributed by atoms with Crippen molar-refractivity contribution in [2.24, 2.45) is 11.8 Å². The van der Waals surface area contributed by atoms with Crippen molar-refractivity contribution in [1.82, 2.24) is 18.4 Å². The van der Waals surface area contributed by atoms with Crippen molar-refractivity contribution in [1.29, 1.82) is 0 Å². The van der Waals surface area contributed by atoms with Crippen LogP contribution in [0.2, 0.25) is 0 Å². The van der Waals surface area contributed by atoms with Crippen molar-refractivity contribution >= 4 is 16.1 Å². The quantitative estimate of drug-likeness (QED) is 0.719. The first-order valence-electron chi connectivity index (χ1n) is 9.61. The molecule has 1 amide bonds. The van der Waals surface area contributed by atoms with Gasteiger partial charge in [-0.1, -0.05) is 13.8 Å². The van der Waals surface area contributed by atoms with Crippen LogP contribution in [0.25, 0.3) is 0 Å². The molecule has 3 aliphatic heterocycles. The molecule has 0 N–H and O–H groups in total. The lowest BCUT2D eigenvalue weighted by Gasteiger charge is -2.38. The lowest BCUT2D eigenvalue weighted by atomic mass is 9.92. The summed E-state index contributed by atoms with van der Waals surface area (Å²) in [6, 6.07) is 0. The van der Waals surface area contributed by atoms with Crippen LogP contribution in [0.5, 0.6) is 0 Å². The van der Waals surface area contributed by atoms with E-state index in [9.17, 15) is 13.2 Å². The molecule has 8 heteroatoms. The summed E-state index contributed by atoms with van der Waals surface area (Å²) in [7, 11) is -3.30. The van der Waals surface area contributed by atoms with Gasteiger partial charge in [0.05, 0.1) is 6.54 Å². The van der Waals surface area contributed by atoms with Gasteiger partial charge in [-0.3, -0.25) is 9.69 Å². The maximum atomic E-state index is 12.6. The first-order chi connectivity index (χ1) is 11.9. The second-order valence-corrected chi connectivity index (χ2v) is 9.96. The van der Waals surface area contributed by atoms with Crippen molar-refractivity contribution < 1.29 is 13.2 Å². The number of likely N-dealkylation sites (tertiary alicyclic amines) is 1. The molecule has 0 radical (unpaired) electrons. The van der Waals surface area contributed by atoms with Crippen molar-refractivity contribution in [2.45, 2.75) is 33.1 Å². The fourth-order valence-corrected chi connectivity index (χ4v) is 6.03. The number of hydrogen-bond acceptors (Lipinski definition) is 4. The van der Waals surface area contributed by atoms with E-state index in [1.807, 2.05) is 4.90 Å². The van der Waals surface area contributed by atoms with Crippen LogP contribution in [-0.4, -0.2) is 91.6 Å². The molecule has 144 valence electrons. The summed E-state index contributed by atoms with van der Waals surface area (Å²) in [5.74, 6) is 1.32. The minimum absolute atomic E-state index is 0.189. The number of nitrogens with zero attached hydrogens (tertiary/aromatic N) is 4. The Balaban J connectivity index is 1.48. The SMILES string of the molecule is CC1CC(C)CN(C(=O)CN2CCN(S(=O)(=O)N3CCCC3)CC2)C1. The van der Waals surface area contributed by atoms with Gasteiger partial charge in [-0.15, -0.1) is 0 Å². The number of amides is 1. The van der Waals surface area contributed by atoms with Crippen molar-refractivity contribution in [3.05, 3.63) is 0 Å². The molecule has 0 aromatic heterocycles. The Labute approximate surface area is 152 Å². The van der Waals surface area contributed by atoms with Gasteiger partial charge in [0.2, 0.25) is 5.91 Å². The number of rotatable bonds is 4. The van der Waals surface area contributed by atoms with Gasteiger partial charge < -0.3 is 4.90 Å². The largest absolute Gasteiger partial charge is 0.341 e. The van der Waals surface area contributed by atoms with Gasteiger partial charge in [0, 0.05) is 52.4 Å². The van der Waals surface area contributed by atoms with E-state index in [4.69, 9.17) is 0 Å². The lowest BCUT2D eigenvalue weighted by molar-refractivity contribution is -0.135. The fraction of sp³-hybridized carbons (Fsp3) is 0.941. The summed E-state index contributed by atoms with van der Waals surface area (Å²) >= 11 is 0. The second kappa shape index (κ2) is 7.90. The van der Waals surface area contributed by atoms with Gasteiger partial charge in [-0.2, -0.15) is 17.0 Å². The van der Waals surface area contributed by atoms with E-state index in [0.717, 1.165) is 25.9 Å². The highest BCUT2D eigenvalue weighted by atomic mass is 32.2. The van der Waals surface area contributed by atoms with Crippen molar-refractivity contribution in [3.63, 3.8) is 0 Å². The summed E-state index contributed by atoms with van der Waals surface area (Å²) in [5.41, 5.74) is 0. The zero-order valence-electron chi connectivity index (χ0n) is 15.6. The maximum Gasteiger partial charge on any atom is 0.282 e. The maximum absolute atomic E-state index is 12.6. The highest BCUT2D eigenvalue weighted by Crippen LogP contribution is 2.22. The highest BCUT2D eigenvalue weighted by Gasteiger charge is 2.34. The van der Waals surface area contributed by atoms with Gasteiger partial charge >= 0.3 is 0 Å². The molecule has 7 nitrogen and oxygen atoms in total. The molecular weight excluding hydrogens is 340 g/mol. The topological polar surface area (TPSA) is 64.2 Å². The molecule has 3 fully saturated rings. The van der Waals surface area contributed by atoms with Gasteiger partial charge in [0.25, 0.3) is 10.2 Å². The molecule has 3 aliphatic rings. The minimum Gasteiger partial charge on any atom is -0.341 e. The minimum atomic E-state index is -3.30. The number of hydrogen-bond donors (Lipinski definition) is 0. The average molecular weight is 373 g/mol. The summed E-state index contributed by atoms with van der Waals surface area (Å²) < 4.78 is 28.4. The third-order valence-corrected chi connectivity index (χ3v) is 7.66. The average Bonchev–Trinajstić information content (AvgIpc) is 3.09. The van der Waals surface area contributed by atoms with E-state index in [0.29, 0.717) is 57.6 Å². The highest BCUT2D eigenvalue weighted by molar-refractivity contribution is 7.86. The van der Waals surface area contributed by atoms with Gasteiger partial charge in [-0.25, -0.2) is 0 Å². The Hall–Kier alpha value is -0.700. The zero-order valence-corrected chi connectivity index (χ0v) is 16.4. The summed E-state index contributed by atoms with van der Waals surface area (Å²) in [6.07, 6.45) is 3.11. The molecule has 0 bridgehead atoms. The molecule has 0 spiro atoms. The Morgan fingerprint density at radius 3 is 1.96 bits per heavy atom. The van der Waals surface area contributed by atoms with E-state index in [1.165, 1.54) is 6.42 Å². The number of piperazine rings is 1. The van der Waals surface area contributed by atoms with Crippen molar-refractivity contribution in [3.8, 4) is 0 Å². The van der Waals surface area contributed by atoms with E-state index < -0.39 is 10.2 Å². The van der Waals surface area contributed by atoms with E-state index in [1.54, 1.807) is 8.61 Å². The monoisotopic (exact) mass is 372 g/mol. The lowest BCUT2D eigenvalue weighted by Crippen LogP contribution is -2.55. The normalized spacial score (nSPS) is 30.7. The third-order valence-electron chi connectivity index (χ3n) is 5.63. The Morgan fingerprint density at radius 2 is 1.40 bits per heavy atom. The molecule has 25 heavy (non-hydrogen) atoms. The number of piperidine rings is 1. The predicted molar refractivity (Wildman–Crippen MR) is 97.3 cm³/mol. The smallest absolute Gasteiger partial charge is 0.282 e. The standard InChI is InChI=1S/C17H32N4O3S/c1-15-11-16(2)13-19(12-15)17(22)14-18-7-9-21(10-8-18)25(23,24)20-5-3-4-6-20/h15-16H,3-14H2,1-2H3. The molecule has 0 aromatic carbocycles. The molecule has 0 aromatic rings. The van der Waals surface area contributed by atoms with Crippen LogP contribution in [-0.2, 0) is 15.0 Å². The van der Waals surface area contributed by atoms with Gasteiger partial charge in [0.1, 0.15) is 0 Å². The van der Waals surface area contributed by atoms with E-state index in [2.05, 4.69) is 18.7 Å². The van der Waals surface area contributed by atoms with Crippen LogP contribution in [0.1, 0.15) is 33.1 Å². The van der Waals surface area contributed by atoms with Gasteiger partial charge in [0.15, 0.2) is 0 Å². The second-order valence-electron chi connectivity index (χ2n) is 8.03. The molecule has 3 rings (SSSR count). The molecule has 0 aliphatic carbocycles. The number of carbonyl (C=O) groups excluding carboxylic acids is 1. The molecule has 3 heterocycles. The molecular formula is C17H32N4O3S. The zero-order chi connectivity index (χ0) is 18.0. The summed E-state index contributed by atoms with van der Waals surface area (Å²) in [5, 5.41) is 0. The van der Waals surface area contributed by atoms with Gasteiger partial charge in [-0.05, 0) is 31.1 Å². The van der Waals surface area contributed by atoms with E-state index in [-0.39, 0.29) is 5.91 Å². The molecule has 3 saturated heterocycles. The van der Waals surface area contributed by atoms with Crippen LogP contribution in [0.4, 0.5) is 0 Å². The third kappa shape index (κ3) is 4.53. The Bertz CT molecular complexity index is 558. The summed E-state index contributed by atoms with van der Waals surface area (Å²) in [4.78, 5) is 16.7. The van der Waals surface area contributed by atoms with Crippen LogP contribution in [0.3, 0.4) is 0 Å². The Morgan fingerprint density at radius 1 is 0.880 bits per heavy atom. The Kier molecular flexibility index (Phi) is 6.03. The van der Waals surface area contributed by atoms with E-state index >= 15 is 0 Å². The fourth-order valence-electron chi connectivity index (χ4n) is 4.36. The number of carbonyl (C=O) groups is 1. The van der Waals surface area contributed by atoms with Crippen LogP contribution < -0.4 is 0 Å². The van der Waals surface area contributed by atoms with Crippen LogP contribution >= 0.6 is 0 Å². The molecule has 0 saturated carbocycles. The van der Waals surface area contributed by atoms with Crippen LogP contribution in [0.15, 0.2) is 0 Å². The predicted octanol–water partition coefficient (Wildman–Crippen LogP) is 0.449.